The Morgan fingerprint density at radius 3 is 2.29 bits per heavy atom. The van der Waals surface area contributed by atoms with Crippen molar-refractivity contribution < 1.29 is 19.1 Å². The van der Waals surface area contributed by atoms with Gasteiger partial charge in [0.15, 0.2) is 0 Å². The van der Waals surface area contributed by atoms with Crippen LogP contribution in [0.3, 0.4) is 0 Å². The number of amides is 1. The number of methoxy groups -OCH3 is 1. The van der Waals surface area contributed by atoms with Gasteiger partial charge in [-0.15, -0.1) is 0 Å². The maximum Gasteiger partial charge on any atom is 0.308 e. The Hall–Kier alpha value is -2.82. The molecule has 0 spiro atoms. The van der Waals surface area contributed by atoms with Crippen LogP contribution in [0.5, 0.6) is 5.75 Å². The Morgan fingerprint density at radius 2 is 1.71 bits per heavy atom. The SMILES string of the molecule is CCOC(=O)C[C@@H](NC(=O)c1ccccc1)c1ccc(OC)cc1. The lowest BCUT2D eigenvalue weighted by atomic mass is 10.0. The van der Waals surface area contributed by atoms with Gasteiger partial charge in [-0.05, 0) is 36.8 Å². The number of carbonyl (C=O) groups excluding carboxylic acids is 2. The maximum absolute atomic E-state index is 12.4. The first-order valence-corrected chi connectivity index (χ1v) is 7.79. The van der Waals surface area contributed by atoms with Gasteiger partial charge >= 0.3 is 5.97 Å². The molecule has 5 heteroatoms. The van der Waals surface area contributed by atoms with Crippen LogP contribution in [0.1, 0.15) is 35.3 Å². The second-order valence-electron chi connectivity index (χ2n) is 5.17. The van der Waals surface area contributed by atoms with Crippen molar-refractivity contribution in [3.8, 4) is 5.75 Å². The monoisotopic (exact) mass is 327 g/mol. The summed E-state index contributed by atoms with van der Waals surface area (Å²) in [6.45, 7) is 2.06. The topological polar surface area (TPSA) is 64.6 Å². The fourth-order valence-corrected chi connectivity index (χ4v) is 2.31. The van der Waals surface area contributed by atoms with E-state index in [2.05, 4.69) is 5.32 Å². The fourth-order valence-electron chi connectivity index (χ4n) is 2.31. The molecular formula is C19H21NO4. The second kappa shape index (κ2) is 8.72. The summed E-state index contributed by atoms with van der Waals surface area (Å²) in [4.78, 5) is 24.3. The van der Waals surface area contributed by atoms with Crippen LogP contribution in [0.2, 0.25) is 0 Å². The highest BCUT2D eigenvalue weighted by Gasteiger charge is 2.20. The molecule has 1 amide bonds. The van der Waals surface area contributed by atoms with E-state index in [1.807, 2.05) is 18.2 Å². The van der Waals surface area contributed by atoms with E-state index in [9.17, 15) is 9.59 Å². The van der Waals surface area contributed by atoms with E-state index in [0.717, 1.165) is 5.56 Å². The smallest absolute Gasteiger partial charge is 0.308 e. The van der Waals surface area contributed by atoms with Crippen molar-refractivity contribution in [2.45, 2.75) is 19.4 Å². The predicted molar refractivity (Wildman–Crippen MR) is 90.9 cm³/mol. The number of esters is 1. The zero-order chi connectivity index (χ0) is 17.4. The third-order valence-corrected chi connectivity index (χ3v) is 3.54. The lowest BCUT2D eigenvalue weighted by molar-refractivity contribution is -0.143. The van der Waals surface area contributed by atoms with E-state index in [1.165, 1.54) is 0 Å². The van der Waals surface area contributed by atoms with Gasteiger partial charge in [0.2, 0.25) is 0 Å². The predicted octanol–water partition coefficient (Wildman–Crippen LogP) is 3.12. The molecule has 1 N–H and O–H groups in total. The van der Waals surface area contributed by atoms with Crippen LogP contribution in [-0.2, 0) is 9.53 Å². The molecule has 0 aromatic heterocycles. The van der Waals surface area contributed by atoms with Crippen LogP contribution in [0.4, 0.5) is 0 Å². The van der Waals surface area contributed by atoms with Gasteiger partial charge in [-0.3, -0.25) is 9.59 Å². The number of rotatable bonds is 7. The summed E-state index contributed by atoms with van der Waals surface area (Å²) in [5, 5.41) is 2.90. The summed E-state index contributed by atoms with van der Waals surface area (Å²) in [6, 6.07) is 15.7. The van der Waals surface area contributed by atoms with Gasteiger partial charge in [-0.25, -0.2) is 0 Å². The van der Waals surface area contributed by atoms with Crippen LogP contribution in [0.15, 0.2) is 54.6 Å². The molecule has 1 atom stereocenters. The van der Waals surface area contributed by atoms with Crippen LogP contribution < -0.4 is 10.1 Å². The van der Waals surface area contributed by atoms with Crippen molar-refractivity contribution in [1.82, 2.24) is 5.32 Å². The number of hydrogen-bond donors (Lipinski definition) is 1. The number of ether oxygens (including phenoxy) is 2. The molecule has 24 heavy (non-hydrogen) atoms. The van der Waals surface area contributed by atoms with Crippen molar-refractivity contribution in [1.29, 1.82) is 0 Å². The third-order valence-electron chi connectivity index (χ3n) is 3.54. The van der Waals surface area contributed by atoms with Gasteiger partial charge in [0.05, 0.1) is 26.2 Å². The molecule has 0 heterocycles. The van der Waals surface area contributed by atoms with E-state index < -0.39 is 6.04 Å². The standard InChI is InChI=1S/C19H21NO4/c1-3-24-18(21)13-17(14-9-11-16(23-2)12-10-14)20-19(22)15-7-5-4-6-8-15/h4-12,17H,3,13H2,1-2H3,(H,20,22)/t17-/m1/s1. The van der Waals surface area contributed by atoms with Crippen molar-refractivity contribution in [2.24, 2.45) is 0 Å². The highest BCUT2D eigenvalue weighted by atomic mass is 16.5. The summed E-state index contributed by atoms with van der Waals surface area (Å²) >= 11 is 0. The molecular weight excluding hydrogens is 306 g/mol. The third kappa shape index (κ3) is 4.84. The molecule has 2 aromatic carbocycles. The summed E-state index contributed by atoms with van der Waals surface area (Å²) in [7, 11) is 1.59. The Morgan fingerprint density at radius 1 is 1.04 bits per heavy atom. The Labute approximate surface area is 141 Å². The number of benzene rings is 2. The van der Waals surface area contributed by atoms with Gasteiger partial charge in [0.25, 0.3) is 5.91 Å². The zero-order valence-corrected chi connectivity index (χ0v) is 13.8. The average molecular weight is 327 g/mol. The molecule has 0 unspecified atom stereocenters. The van der Waals surface area contributed by atoms with Gasteiger partial charge in [0.1, 0.15) is 5.75 Å². The largest absolute Gasteiger partial charge is 0.497 e. The van der Waals surface area contributed by atoms with E-state index >= 15 is 0 Å². The van der Waals surface area contributed by atoms with E-state index in [1.54, 1.807) is 50.4 Å². The average Bonchev–Trinajstić information content (AvgIpc) is 2.62. The lowest BCUT2D eigenvalue weighted by Crippen LogP contribution is -2.30. The van der Waals surface area contributed by atoms with Crippen LogP contribution in [0, 0.1) is 0 Å². The number of nitrogens with one attached hydrogen (secondary N) is 1. The summed E-state index contributed by atoms with van der Waals surface area (Å²) in [6.07, 6.45) is 0.0682. The highest BCUT2D eigenvalue weighted by Crippen LogP contribution is 2.21. The molecule has 0 aliphatic heterocycles. The first-order valence-electron chi connectivity index (χ1n) is 7.79. The summed E-state index contributed by atoms with van der Waals surface area (Å²) in [5.74, 6) is 0.121. The molecule has 0 bridgehead atoms. The molecule has 0 aliphatic carbocycles. The summed E-state index contributed by atoms with van der Waals surface area (Å²) in [5.41, 5.74) is 1.35. The molecule has 0 aliphatic rings. The van der Waals surface area contributed by atoms with Gasteiger partial charge in [-0.2, -0.15) is 0 Å². The first-order chi connectivity index (χ1) is 11.6. The van der Waals surface area contributed by atoms with Crippen molar-refractivity contribution >= 4 is 11.9 Å². The van der Waals surface area contributed by atoms with Gasteiger partial charge in [0, 0.05) is 5.56 Å². The Kier molecular flexibility index (Phi) is 6.37. The molecule has 126 valence electrons. The van der Waals surface area contributed by atoms with E-state index in [4.69, 9.17) is 9.47 Å². The molecule has 0 radical (unpaired) electrons. The van der Waals surface area contributed by atoms with Crippen LogP contribution in [0.25, 0.3) is 0 Å². The minimum absolute atomic E-state index is 0.0682. The number of carbonyl (C=O) groups is 2. The molecule has 5 nitrogen and oxygen atoms in total. The van der Waals surface area contributed by atoms with Gasteiger partial charge < -0.3 is 14.8 Å². The minimum Gasteiger partial charge on any atom is -0.497 e. The van der Waals surface area contributed by atoms with E-state index in [-0.39, 0.29) is 18.3 Å². The quantitative estimate of drug-likeness (QED) is 0.794. The zero-order valence-electron chi connectivity index (χ0n) is 13.8. The van der Waals surface area contributed by atoms with E-state index in [0.29, 0.717) is 17.9 Å². The van der Waals surface area contributed by atoms with Gasteiger partial charge in [-0.1, -0.05) is 30.3 Å². The first kappa shape index (κ1) is 17.5. The van der Waals surface area contributed by atoms with Crippen molar-refractivity contribution in [3.05, 3.63) is 65.7 Å². The minimum atomic E-state index is -0.470. The molecule has 0 saturated carbocycles. The lowest BCUT2D eigenvalue weighted by Gasteiger charge is -2.19. The van der Waals surface area contributed by atoms with Crippen LogP contribution in [-0.4, -0.2) is 25.6 Å². The second-order valence-corrected chi connectivity index (χ2v) is 5.17. The molecule has 2 rings (SSSR count). The molecule has 2 aromatic rings. The fraction of sp³-hybridized carbons (Fsp3) is 0.263. The Bertz CT molecular complexity index is 668. The molecule has 0 fully saturated rings. The Balaban J connectivity index is 2.18. The van der Waals surface area contributed by atoms with Crippen molar-refractivity contribution in [2.75, 3.05) is 13.7 Å². The van der Waals surface area contributed by atoms with Crippen molar-refractivity contribution in [3.63, 3.8) is 0 Å². The highest BCUT2D eigenvalue weighted by molar-refractivity contribution is 5.94. The van der Waals surface area contributed by atoms with Crippen LogP contribution >= 0.6 is 0 Å². The summed E-state index contributed by atoms with van der Waals surface area (Å²) < 4.78 is 10.2. The normalized spacial score (nSPS) is 11.4. The maximum atomic E-state index is 12.4. The molecule has 0 saturated heterocycles. The number of hydrogen-bond acceptors (Lipinski definition) is 4.